The summed E-state index contributed by atoms with van der Waals surface area (Å²) >= 11 is 0. The minimum atomic E-state index is -3.90. The van der Waals surface area contributed by atoms with E-state index in [-0.39, 0.29) is 25.4 Å². The first-order valence-corrected chi connectivity index (χ1v) is 11.1. The molecule has 1 fully saturated rings. The van der Waals surface area contributed by atoms with E-state index in [1.807, 2.05) is 44.2 Å². The Morgan fingerprint density at radius 2 is 1.76 bits per heavy atom. The maximum Gasteiger partial charge on any atom is 0.280 e. The highest BCUT2D eigenvalue weighted by molar-refractivity contribution is 7.87. The first kappa shape index (κ1) is 23.3. The summed E-state index contributed by atoms with van der Waals surface area (Å²) in [5.74, 6) is -1.11. The number of carbonyl (C=O) groups excluding carboxylic acids is 2. The molecule has 0 saturated carbocycles. The van der Waals surface area contributed by atoms with Crippen molar-refractivity contribution in [2.24, 2.45) is 11.7 Å². The summed E-state index contributed by atoms with van der Waals surface area (Å²) in [7, 11) is -3.90. The monoisotopic (exact) mass is 426 g/mol. The number of morpholine rings is 1. The smallest absolute Gasteiger partial charge is 0.280 e. The van der Waals surface area contributed by atoms with Crippen molar-refractivity contribution in [2.75, 3.05) is 26.3 Å². The number of ether oxygens (including phenoxy) is 1. The SMILES string of the molecule is CC(C)C[C@H](NC(=O)[C@H](Cc1ccccc1)NS(=O)(=O)N1CCOCC1)C(N)=O. The maximum absolute atomic E-state index is 12.9. The van der Waals surface area contributed by atoms with Gasteiger partial charge in [0.15, 0.2) is 0 Å². The highest BCUT2D eigenvalue weighted by Gasteiger charge is 2.32. The Kier molecular flexibility index (Phi) is 8.57. The Morgan fingerprint density at radius 1 is 1.14 bits per heavy atom. The van der Waals surface area contributed by atoms with Crippen LogP contribution in [0.25, 0.3) is 0 Å². The van der Waals surface area contributed by atoms with Gasteiger partial charge in [-0.3, -0.25) is 9.59 Å². The van der Waals surface area contributed by atoms with Crippen molar-refractivity contribution in [3.8, 4) is 0 Å². The highest BCUT2D eigenvalue weighted by atomic mass is 32.2. The Labute approximate surface area is 172 Å². The van der Waals surface area contributed by atoms with E-state index >= 15 is 0 Å². The van der Waals surface area contributed by atoms with Crippen LogP contribution in [-0.4, -0.2) is 62.9 Å². The van der Waals surface area contributed by atoms with Crippen LogP contribution in [0.1, 0.15) is 25.8 Å². The van der Waals surface area contributed by atoms with E-state index < -0.39 is 34.1 Å². The lowest BCUT2D eigenvalue weighted by molar-refractivity contribution is -0.128. The number of nitrogens with two attached hydrogens (primary N) is 1. The fourth-order valence-corrected chi connectivity index (χ4v) is 4.40. The van der Waals surface area contributed by atoms with Gasteiger partial charge in [-0.05, 0) is 24.3 Å². The molecule has 0 unspecified atom stereocenters. The number of hydrogen-bond acceptors (Lipinski definition) is 5. The molecule has 10 heteroatoms. The van der Waals surface area contributed by atoms with Crippen molar-refractivity contribution in [3.05, 3.63) is 35.9 Å². The number of amides is 2. The molecule has 4 N–H and O–H groups in total. The zero-order chi connectivity index (χ0) is 21.4. The van der Waals surface area contributed by atoms with Crippen LogP contribution in [0, 0.1) is 5.92 Å². The predicted molar refractivity (Wildman–Crippen MR) is 109 cm³/mol. The van der Waals surface area contributed by atoms with Gasteiger partial charge in [0.25, 0.3) is 10.2 Å². The molecule has 0 bridgehead atoms. The molecular weight excluding hydrogens is 396 g/mol. The minimum Gasteiger partial charge on any atom is -0.379 e. The molecular formula is C19H30N4O5S. The number of rotatable bonds is 10. The lowest BCUT2D eigenvalue weighted by atomic mass is 10.0. The van der Waals surface area contributed by atoms with Crippen molar-refractivity contribution in [1.82, 2.24) is 14.3 Å². The molecule has 9 nitrogen and oxygen atoms in total. The number of hydrogen-bond donors (Lipinski definition) is 3. The van der Waals surface area contributed by atoms with Crippen molar-refractivity contribution < 1.29 is 22.7 Å². The zero-order valence-corrected chi connectivity index (χ0v) is 17.7. The van der Waals surface area contributed by atoms with Crippen molar-refractivity contribution in [3.63, 3.8) is 0 Å². The van der Waals surface area contributed by atoms with Gasteiger partial charge in [0, 0.05) is 13.1 Å². The number of benzene rings is 1. The number of carbonyl (C=O) groups is 2. The maximum atomic E-state index is 12.9. The van der Waals surface area contributed by atoms with Gasteiger partial charge >= 0.3 is 0 Å². The third kappa shape index (κ3) is 7.39. The molecule has 1 aromatic rings. The summed E-state index contributed by atoms with van der Waals surface area (Å²) in [5, 5.41) is 2.61. The second kappa shape index (κ2) is 10.7. The summed E-state index contributed by atoms with van der Waals surface area (Å²) in [6.45, 7) is 4.84. The van der Waals surface area contributed by atoms with E-state index in [2.05, 4.69) is 10.0 Å². The summed E-state index contributed by atoms with van der Waals surface area (Å²) in [6, 6.07) is 7.12. The molecule has 1 aromatic carbocycles. The van der Waals surface area contributed by atoms with E-state index in [0.29, 0.717) is 19.6 Å². The Morgan fingerprint density at radius 3 is 2.31 bits per heavy atom. The molecule has 2 rings (SSSR count). The van der Waals surface area contributed by atoms with Crippen molar-refractivity contribution in [1.29, 1.82) is 0 Å². The van der Waals surface area contributed by atoms with Gasteiger partial charge in [0.2, 0.25) is 11.8 Å². The Bertz CT molecular complexity index is 779. The van der Waals surface area contributed by atoms with Gasteiger partial charge in [-0.25, -0.2) is 0 Å². The summed E-state index contributed by atoms with van der Waals surface area (Å²) in [4.78, 5) is 24.6. The van der Waals surface area contributed by atoms with Gasteiger partial charge in [-0.15, -0.1) is 0 Å². The van der Waals surface area contributed by atoms with Crippen LogP contribution >= 0.6 is 0 Å². The summed E-state index contributed by atoms with van der Waals surface area (Å²) in [5.41, 5.74) is 6.20. The van der Waals surface area contributed by atoms with Crippen LogP contribution in [0.4, 0.5) is 0 Å². The molecule has 0 radical (unpaired) electrons. The van der Waals surface area contributed by atoms with E-state index in [1.165, 1.54) is 4.31 Å². The average Bonchev–Trinajstić information content (AvgIpc) is 2.68. The van der Waals surface area contributed by atoms with Crippen LogP contribution in [0.3, 0.4) is 0 Å². The molecule has 1 saturated heterocycles. The number of nitrogens with one attached hydrogen (secondary N) is 2. The van der Waals surface area contributed by atoms with Gasteiger partial charge in [-0.1, -0.05) is 44.2 Å². The van der Waals surface area contributed by atoms with Gasteiger partial charge < -0.3 is 15.8 Å². The molecule has 0 spiro atoms. The number of nitrogens with zero attached hydrogens (tertiary/aromatic N) is 1. The van der Waals surface area contributed by atoms with Gasteiger partial charge in [0.05, 0.1) is 13.2 Å². The van der Waals surface area contributed by atoms with E-state index in [4.69, 9.17) is 10.5 Å². The second-order valence-corrected chi connectivity index (χ2v) is 9.17. The van der Waals surface area contributed by atoms with E-state index in [0.717, 1.165) is 5.56 Å². The third-order valence-electron chi connectivity index (χ3n) is 4.57. The van der Waals surface area contributed by atoms with Crippen molar-refractivity contribution >= 4 is 22.0 Å². The Hall–Kier alpha value is -2.01. The fraction of sp³-hybridized carbons (Fsp3) is 0.579. The summed E-state index contributed by atoms with van der Waals surface area (Å²) in [6.07, 6.45) is 0.513. The molecule has 2 atom stereocenters. The van der Waals surface area contributed by atoms with Crippen molar-refractivity contribution in [2.45, 2.75) is 38.8 Å². The quantitative estimate of drug-likeness (QED) is 0.476. The normalized spacial score (nSPS) is 17.6. The fourth-order valence-electron chi connectivity index (χ4n) is 3.07. The van der Waals surface area contributed by atoms with Crippen LogP contribution in [0.15, 0.2) is 30.3 Å². The van der Waals surface area contributed by atoms with Gasteiger partial charge in [-0.2, -0.15) is 17.4 Å². The first-order valence-electron chi connectivity index (χ1n) is 9.68. The van der Waals surface area contributed by atoms with E-state index in [9.17, 15) is 18.0 Å². The van der Waals surface area contributed by atoms with E-state index in [1.54, 1.807) is 0 Å². The van der Waals surface area contributed by atoms with Crippen LogP contribution in [-0.2, 0) is 31.0 Å². The molecule has 2 amide bonds. The van der Waals surface area contributed by atoms with Crippen LogP contribution < -0.4 is 15.8 Å². The molecule has 1 aliphatic rings. The highest BCUT2D eigenvalue weighted by Crippen LogP contribution is 2.10. The minimum absolute atomic E-state index is 0.130. The predicted octanol–water partition coefficient (Wildman–Crippen LogP) is -0.219. The average molecular weight is 427 g/mol. The topological polar surface area (TPSA) is 131 Å². The van der Waals surface area contributed by atoms with Crippen LogP contribution in [0.2, 0.25) is 0 Å². The standard InChI is InChI=1S/C19H30N4O5S/c1-14(2)12-16(18(20)24)21-19(25)17(13-15-6-4-3-5-7-15)22-29(26,27)23-8-10-28-11-9-23/h3-7,14,16-17,22H,8-13H2,1-2H3,(H2,20,24)(H,21,25)/t16-,17-/m0/s1. The van der Waals surface area contributed by atoms with Crippen LogP contribution in [0.5, 0.6) is 0 Å². The number of primary amides is 1. The molecule has 162 valence electrons. The summed E-state index contributed by atoms with van der Waals surface area (Å²) < 4.78 is 34.5. The Balaban J connectivity index is 2.19. The molecule has 0 aromatic heterocycles. The first-order chi connectivity index (χ1) is 13.7. The lowest BCUT2D eigenvalue weighted by Gasteiger charge is -2.29. The molecule has 0 aliphatic carbocycles. The largest absolute Gasteiger partial charge is 0.379 e. The van der Waals surface area contributed by atoms with Gasteiger partial charge in [0.1, 0.15) is 12.1 Å². The zero-order valence-electron chi connectivity index (χ0n) is 16.8. The molecule has 1 aliphatic heterocycles. The second-order valence-electron chi connectivity index (χ2n) is 7.47. The third-order valence-corrected chi connectivity index (χ3v) is 6.19. The molecule has 29 heavy (non-hydrogen) atoms. The molecule has 1 heterocycles. The lowest BCUT2D eigenvalue weighted by Crippen LogP contribution is -2.57.